The summed E-state index contributed by atoms with van der Waals surface area (Å²) in [5, 5.41) is 21.3. The highest BCUT2D eigenvalue weighted by Crippen LogP contribution is 2.19. The third-order valence-corrected chi connectivity index (χ3v) is 2.16. The molecule has 0 aliphatic rings. The van der Waals surface area contributed by atoms with Crippen LogP contribution in [-0.2, 0) is 11.3 Å². The number of ether oxygens (including phenoxy) is 1. The van der Waals surface area contributed by atoms with Gasteiger partial charge in [0.2, 0.25) is 0 Å². The number of carbonyl (C=O) groups is 1. The molecule has 0 fully saturated rings. The van der Waals surface area contributed by atoms with E-state index in [1.807, 2.05) is 0 Å². The minimum atomic E-state index is -1.24. The molecule has 0 radical (unpaired) electrons. The third-order valence-electron chi connectivity index (χ3n) is 2.16. The Balaban J connectivity index is 2.32. The number of aliphatic carboxylic acids is 1. The van der Waals surface area contributed by atoms with Crippen molar-refractivity contribution in [1.29, 1.82) is 0 Å². The molecule has 0 bridgehead atoms. The number of hydrogen-bond acceptors (Lipinski definition) is 6. The zero-order valence-corrected chi connectivity index (χ0v) is 9.03. The van der Waals surface area contributed by atoms with Crippen LogP contribution in [0.3, 0.4) is 0 Å². The number of methoxy groups -OCH3 is 1. The lowest BCUT2D eigenvalue weighted by molar-refractivity contribution is -0.306. The van der Waals surface area contributed by atoms with E-state index >= 15 is 0 Å². The van der Waals surface area contributed by atoms with Crippen molar-refractivity contribution in [3.63, 3.8) is 0 Å². The molecule has 7 heteroatoms. The Hall–Kier alpha value is -2.44. The summed E-state index contributed by atoms with van der Waals surface area (Å²) in [5.41, 5.74) is 0.706. The van der Waals surface area contributed by atoms with Crippen LogP contribution in [0.2, 0.25) is 0 Å². The lowest BCUT2D eigenvalue weighted by Crippen LogP contribution is -2.28. The van der Waals surface area contributed by atoms with Gasteiger partial charge in [-0.25, -0.2) is 4.68 Å². The first-order chi connectivity index (χ1) is 8.20. The molecule has 0 N–H and O–H groups in total. The SMILES string of the molecule is COc1ccc(-c2nnnn2CC(=O)[O-])cc1. The van der Waals surface area contributed by atoms with Crippen molar-refractivity contribution in [1.82, 2.24) is 20.2 Å². The Morgan fingerprint density at radius 3 is 2.71 bits per heavy atom. The summed E-state index contributed by atoms with van der Waals surface area (Å²) in [6.45, 7) is -0.381. The van der Waals surface area contributed by atoms with E-state index in [2.05, 4.69) is 15.5 Å². The second-order valence-electron chi connectivity index (χ2n) is 3.26. The third kappa shape index (κ3) is 2.39. The van der Waals surface area contributed by atoms with E-state index in [1.165, 1.54) is 0 Å². The molecule has 1 aromatic heterocycles. The van der Waals surface area contributed by atoms with Crippen molar-refractivity contribution in [2.45, 2.75) is 6.54 Å². The fourth-order valence-electron chi connectivity index (χ4n) is 1.38. The number of aromatic nitrogens is 4. The Kier molecular flexibility index (Phi) is 2.99. The molecule has 0 saturated carbocycles. The molecule has 2 rings (SSSR count). The zero-order chi connectivity index (χ0) is 12.3. The molecule has 0 spiro atoms. The largest absolute Gasteiger partial charge is 0.548 e. The van der Waals surface area contributed by atoms with Crippen LogP contribution >= 0.6 is 0 Å². The standard InChI is InChI=1S/C10H10N4O3/c1-17-8-4-2-7(3-5-8)10-11-12-13-14(10)6-9(15)16/h2-5H,6H2,1H3,(H,15,16)/p-1. The molecule has 0 amide bonds. The number of benzene rings is 1. The van der Waals surface area contributed by atoms with Gasteiger partial charge in [-0.2, -0.15) is 0 Å². The Bertz CT molecular complexity index is 521. The van der Waals surface area contributed by atoms with E-state index < -0.39 is 5.97 Å². The van der Waals surface area contributed by atoms with Crippen LogP contribution in [0.15, 0.2) is 24.3 Å². The first-order valence-corrected chi connectivity index (χ1v) is 4.81. The van der Waals surface area contributed by atoms with Gasteiger partial charge in [0.15, 0.2) is 5.82 Å². The molecule has 0 saturated heterocycles. The van der Waals surface area contributed by atoms with Gasteiger partial charge < -0.3 is 14.6 Å². The van der Waals surface area contributed by atoms with E-state index in [9.17, 15) is 9.90 Å². The van der Waals surface area contributed by atoms with Crippen LogP contribution in [0.4, 0.5) is 0 Å². The van der Waals surface area contributed by atoms with E-state index in [0.29, 0.717) is 17.1 Å². The average Bonchev–Trinajstić information content (AvgIpc) is 2.76. The van der Waals surface area contributed by atoms with E-state index in [1.54, 1.807) is 31.4 Å². The first-order valence-electron chi connectivity index (χ1n) is 4.81. The normalized spacial score (nSPS) is 10.2. The van der Waals surface area contributed by atoms with Crippen molar-refractivity contribution in [3.8, 4) is 17.1 Å². The molecular weight excluding hydrogens is 224 g/mol. The van der Waals surface area contributed by atoms with Gasteiger partial charge in [0, 0.05) is 5.56 Å². The van der Waals surface area contributed by atoms with Crippen LogP contribution in [0.5, 0.6) is 5.75 Å². The Morgan fingerprint density at radius 1 is 1.41 bits per heavy atom. The number of hydrogen-bond donors (Lipinski definition) is 0. The van der Waals surface area contributed by atoms with Gasteiger partial charge in [-0.3, -0.25) is 0 Å². The monoisotopic (exact) mass is 233 g/mol. The molecule has 0 aliphatic carbocycles. The second-order valence-corrected chi connectivity index (χ2v) is 3.26. The predicted molar refractivity (Wildman–Crippen MR) is 54.8 cm³/mol. The maximum atomic E-state index is 10.5. The molecule has 1 heterocycles. The molecule has 0 aliphatic heterocycles. The molecule has 0 unspecified atom stereocenters. The number of rotatable bonds is 4. The quantitative estimate of drug-likeness (QED) is 0.679. The smallest absolute Gasteiger partial charge is 0.182 e. The Labute approximate surface area is 96.6 Å². The summed E-state index contributed by atoms with van der Waals surface area (Å²) in [6, 6.07) is 6.98. The molecule has 2 aromatic rings. The van der Waals surface area contributed by atoms with Crippen molar-refractivity contribution in [2.75, 3.05) is 7.11 Å². The van der Waals surface area contributed by atoms with E-state index in [0.717, 1.165) is 4.68 Å². The van der Waals surface area contributed by atoms with Gasteiger partial charge >= 0.3 is 0 Å². The lowest BCUT2D eigenvalue weighted by Gasteiger charge is -2.05. The molecule has 88 valence electrons. The molecule has 17 heavy (non-hydrogen) atoms. The highest BCUT2D eigenvalue weighted by Gasteiger charge is 2.08. The number of nitrogens with zero attached hydrogens (tertiary/aromatic N) is 4. The summed E-state index contributed by atoms with van der Waals surface area (Å²) >= 11 is 0. The average molecular weight is 233 g/mol. The lowest BCUT2D eigenvalue weighted by atomic mass is 10.2. The number of carbonyl (C=O) groups excluding carboxylic acids is 1. The van der Waals surface area contributed by atoms with Gasteiger partial charge in [-0.05, 0) is 34.7 Å². The number of carboxylic acids is 1. The number of tetrazole rings is 1. The minimum Gasteiger partial charge on any atom is -0.548 e. The predicted octanol–water partition coefficient (Wildman–Crippen LogP) is -0.901. The number of carboxylic acid groups (broad SMARTS) is 1. The topological polar surface area (TPSA) is 93.0 Å². The van der Waals surface area contributed by atoms with Crippen molar-refractivity contribution in [2.24, 2.45) is 0 Å². The molecule has 1 aromatic carbocycles. The summed E-state index contributed by atoms with van der Waals surface area (Å²) < 4.78 is 6.18. The van der Waals surface area contributed by atoms with Gasteiger partial charge in [0.1, 0.15) is 5.75 Å². The minimum absolute atomic E-state index is 0.372. The van der Waals surface area contributed by atoms with Crippen molar-refractivity contribution in [3.05, 3.63) is 24.3 Å². The summed E-state index contributed by atoms with van der Waals surface area (Å²) in [5.74, 6) is -0.170. The summed E-state index contributed by atoms with van der Waals surface area (Å²) in [7, 11) is 1.56. The fraction of sp³-hybridized carbons (Fsp3) is 0.200. The van der Waals surface area contributed by atoms with Gasteiger partial charge in [-0.15, -0.1) is 5.10 Å². The molecule has 0 atom stereocenters. The summed E-state index contributed by atoms with van der Waals surface area (Å²) in [6.07, 6.45) is 0. The van der Waals surface area contributed by atoms with Crippen molar-refractivity contribution < 1.29 is 14.6 Å². The van der Waals surface area contributed by atoms with Crippen LogP contribution in [-0.4, -0.2) is 33.3 Å². The van der Waals surface area contributed by atoms with Gasteiger partial charge in [0.25, 0.3) is 0 Å². The van der Waals surface area contributed by atoms with Crippen LogP contribution in [0, 0.1) is 0 Å². The fourth-order valence-corrected chi connectivity index (χ4v) is 1.38. The van der Waals surface area contributed by atoms with Crippen LogP contribution in [0.1, 0.15) is 0 Å². The van der Waals surface area contributed by atoms with Crippen LogP contribution in [0.25, 0.3) is 11.4 Å². The van der Waals surface area contributed by atoms with E-state index in [-0.39, 0.29) is 6.54 Å². The summed E-state index contributed by atoms with van der Waals surface area (Å²) in [4.78, 5) is 10.5. The zero-order valence-electron chi connectivity index (χ0n) is 9.03. The van der Waals surface area contributed by atoms with Gasteiger partial charge in [0.05, 0.1) is 19.6 Å². The maximum Gasteiger partial charge on any atom is 0.182 e. The Morgan fingerprint density at radius 2 is 2.12 bits per heavy atom. The highest BCUT2D eigenvalue weighted by atomic mass is 16.5. The highest BCUT2D eigenvalue weighted by molar-refractivity contribution is 5.65. The van der Waals surface area contributed by atoms with Gasteiger partial charge in [-0.1, -0.05) is 0 Å². The molecule has 7 nitrogen and oxygen atoms in total. The molecular formula is C10H9N4O3-. The van der Waals surface area contributed by atoms with Crippen molar-refractivity contribution >= 4 is 5.97 Å². The first kappa shape index (κ1) is 11.1. The second kappa shape index (κ2) is 4.60. The van der Waals surface area contributed by atoms with E-state index in [4.69, 9.17) is 4.74 Å². The van der Waals surface area contributed by atoms with Crippen LogP contribution < -0.4 is 9.84 Å². The maximum absolute atomic E-state index is 10.5.